The van der Waals surface area contributed by atoms with Gasteiger partial charge in [0.1, 0.15) is 23.0 Å². The molecule has 0 bridgehead atoms. The fourth-order valence-corrected chi connectivity index (χ4v) is 3.07. The number of aryl methyl sites for hydroxylation is 1. The van der Waals surface area contributed by atoms with Gasteiger partial charge in [-0.05, 0) is 31.2 Å². The van der Waals surface area contributed by atoms with Crippen molar-refractivity contribution >= 4 is 16.9 Å². The summed E-state index contributed by atoms with van der Waals surface area (Å²) in [6.07, 6.45) is 0. The van der Waals surface area contributed by atoms with E-state index in [9.17, 15) is 10.1 Å². The summed E-state index contributed by atoms with van der Waals surface area (Å²) in [6, 6.07) is 12.5. The van der Waals surface area contributed by atoms with Crippen LogP contribution in [-0.4, -0.2) is 5.90 Å². The third-order valence-electron chi connectivity index (χ3n) is 4.14. The molecule has 0 radical (unpaired) electrons. The Bertz CT molecular complexity index is 1070. The van der Waals surface area contributed by atoms with Gasteiger partial charge in [-0.25, -0.2) is 4.79 Å². The number of nitrogens with zero attached hydrogens (tertiary/aromatic N) is 1. The molecule has 2 unspecified atom stereocenters. The molecule has 0 amide bonds. The van der Waals surface area contributed by atoms with Crippen LogP contribution in [0.1, 0.15) is 23.0 Å². The Morgan fingerprint density at radius 1 is 1.17 bits per heavy atom. The normalized spacial score (nSPS) is 19.6. The molecular formula is C18H12N2O4. The first kappa shape index (κ1) is 14.3. The zero-order valence-corrected chi connectivity index (χ0v) is 12.7. The number of nitriles is 1. The summed E-state index contributed by atoms with van der Waals surface area (Å²) in [6.45, 7) is 1.78. The van der Waals surface area contributed by atoms with Gasteiger partial charge in [0, 0.05) is 0 Å². The number of benzene rings is 1. The highest BCUT2D eigenvalue weighted by Gasteiger charge is 2.42. The van der Waals surface area contributed by atoms with Crippen molar-refractivity contribution in [2.45, 2.75) is 12.8 Å². The first-order valence-electron chi connectivity index (χ1n) is 7.38. The summed E-state index contributed by atoms with van der Waals surface area (Å²) in [5.41, 5.74) is -0.0000591. The van der Waals surface area contributed by atoms with Crippen LogP contribution in [0.5, 0.6) is 5.75 Å². The van der Waals surface area contributed by atoms with Crippen molar-refractivity contribution in [3.8, 4) is 11.8 Å². The van der Waals surface area contributed by atoms with E-state index in [0.29, 0.717) is 22.5 Å². The smallest absolute Gasteiger partial charge is 0.344 e. The van der Waals surface area contributed by atoms with Crippen LogP contribution in [0.4, 0.5) is 0 Å². The molecule has 4 rings (SSSR count). The predicted octanol–water partition coefficient (Wildman–Crippen LogP) is 3.34. The van der Waals surface area contributed by atoms with E-state index >= 15 is 0 Å². The summed E-state index contributed by atoms with van der Waals surface area (Å²) in [5, 5.41) is 18.2. The Labute approximate surface area is 136 Å². The van der Waals surface area contributed by atoms with E-state index in [0.717, 1.165) is 0 Å². The minimum atomic E-state index is -0.952. The number of ether oxygens (including phenoxy) is 1. The lowest BCUT2D eigenvalue weighted by Crippen LogP contribution is -2.34. The lowest BCUT2D eigenvalue weighted by molar-refractivity contribution is 0.387. The number of nitrogens with one attached hydrogen (secondary N) is 1. The van der Waals surface area contributed by atoms with Gasteiger partial charge in [0.15, 0.2) is 5.75 Å². The molecule has 0 fully saturated rings. The number of rotatable bonds is 1. The summed E-state index contributed by atoms with van der Waals surface area (Å²) >= 11 is 0. The molecule has 118 valence electrons. The van der Waals surface area contributed by atoms with E-state index in [1.807, 2.05) is 6.07 Å². The van der Waals surface area contributed by atoms with Gasteiger partial charge in [-0.2, -0.15) is 5.26 Å². The molecule has 0 saturated carbocycles. The molecule has 6 heteroatoms. The molecule has 2 atom stereocenters. The largest absolute Gasteiger partial charge is 0.466 e. The van der Waals surface area contributed by atoms with E-state index in [4.69, 9.17) is 19.0 Å². The Balaban J connectivity index is 2.08. The second-order valence-corrected chi connectivity index (χ2v) is 5.63. The SMILES string of the molecule is Cc1ccc(C2c3c(c4ccccc4oc3=O)OC(=N)C2C#N)o1. The van der Waals surface area contributed by atoms with E-state index in [1.54, 1.807) is 43.3 Å². The third-order valence-corrected chi connectivity index (χ3v) is 4.14. The fourth-order valence-electron chi connectivity index (χ4n) is 3.07. The minimum absolute atomic E-state index is 0.209. The topological polar surface area (TPSA) is 100 Å². The zero-order chi connectivity index (χ0) is 16.8. The maximum atomic E-state index is 12.6. The Morgan fingerprint density at radius 2 is 1.96 bits per heavy atom. The molecule has 2 aromatic heterocycles. The molecule has 1 N–H and O–H groups in total. The molecule has 0 spiro atoms. The molecule has 3 heterocycles. The first-order chi connectivity index (χ1) is 11.6. The fraction of sp³-hybridized carbons (Fsp3) is 0.167. The third kappa shape index (κ3) is 1.95. The molecule has 0 aliphatic carbocycles. The highest BCUT2D eigenvalue weighted by molar-refractivity contribution is 5.92. The molecule has 0 saturated heterocycles. The number of para-hydroxylation sites is 1. The number of furan rings is 1. The molecule has 3 aromatic rings. The van der Waals surface area contributed by atoms with Crippen molar-refractivity contribution in [3.05, 3.63) is 63.9 Å². The van der Waals surface area contributed by atoms with Gasteiger partial charge in [0.05, 0.1) is 22.9 Å². The van der Waals surface area contributed by atoms with Gasteiger partial charge in [0.25, 0.3) is 0 Å². The highest BCUT2D eigenvalue weighted by atomic mass is 16.5. The monoisotopic (exact) mass is 320 g/mol. The van der Waals surface area contributed by atoms with E-state index in [-0.39, 0.29) is 17.2 Å². The summed E-state index contributed by atoms with van der Waals surface area (Å²) < 4.78 is 16.6. The lowest BCUT2D eigenvalue weighted by Gasteiger charge is -2.28. The van der Waals surface area contributed by atoms with Crippen LogP contribution >= 0.6 is 0 Å². The predicted molar refractivity (Wildman–Crippen MR) is 85.2 cm³/mol. The van der Waals surface area contributed by atoms with Crippen LogP contribution in [0.25, 0.3) is 11.0 Å². The molecule has 1 aromatic carbocycles. The average molecular weight is 320 g/mol. The maximum Gasteiger partial charge on any atom is 0.344 e. The van der Waals surface area contributed by atoms with Crippen molar-refractivity contribution < 1.29 is 13.6 Å². The van der Waals surface area contributed by atoms with Crippen LogP contribution in [0.15, 0.2) is 50.0 Å². The number of hydrogen-bond donors (Lipinski definition) is 1. The van der Waals surface area contributed by atoms with Gasteiger partial charge >= 0.3 is 5.63 Å². The van der Waals surface area contributed by atoms with E-state index < -0.39 is 17.5 Å². The Kier molecular flexibility index (Phi) is 3.03. The van der Waals surface area contributed by atoms with Crippen molar-refractivity contribution in [2.75, 3.05) is 0 Å². The second-order valence-electron chi connectivity index (χ2n) is 5.63. The van der Waals surface area contributed by atoms with Crippen LogP contribution in [0.2, 0.25) is 0 Å². The molecular weight excluding hydrogens is 308 g/mol. The van der Waals surface area contributed by atoms with Crippen molar-refractivity contribution in [1.29, 1.82) is 10.7 Å². The molecule has 1 aliphatic rings. The Hall–Kier alpha value is -3.33. The quantitative estimate of drug-likeness (QED) is 0.693. The average Bonchev–Trinajstić information content (AvgIpc) is 3.00. The van der Waals surface area contributed by atoms with Crippen molar-refractivity contribution in [1.82, 2.24) is 0 Å². The van der Waals surface area contributed by atoms with Gasteiger partial charge in [-0.1, -0.05) is 12.1 Å². The standard InChI is InChI=1S/C18H12N2O4/c1-9-6-7-13(22-9)14-11(8-19)17(20)24-16-10-4-2-3-5-12(10)23-18(21)15(14)16/h2-7,11,14,20H,1H3. The van der Waals surface area contributed by atoms with Crippen molar-refractivity contribution in [3.63, 3.8) is 0 Å². The first-order valence-corrected chi connectivity index (χ1v) is 7.38. The van der Waals surface area contributed by atoms with Crippen LogP contribution in [0.3, 0.4) is 0 Å². The van der Waals surface area contributed by atoms with E-state index in [2.05, 4.69) is 0 Å². The summed E-state index contributed by atoms with van der Waals surface area (Å²) in [4.78, 5) is 12.6. The van der Waals surface area contributed by atoms with Gasteiger partial charge in [0.2, 0.25) is 5.90 Å². The lowest BCUT2D eigenvalue weighted by atomic mass is 9.82. The van der Waals surface area contributed by atoms with E-state index in [1.165, 1.54) is 0 Å². The van der Waals surface area contributed by atoms with Crippen LogP contribution < -0.4 is 10.4 Å². The second kappa shape index (κ2) is 5.10. The zero-order valence-electron chi connectivity index (χ0n) is 12.7. The molecule has 24 heavy (non-hydrogen) atoms. The van der Waals surface area contributed by atoms with Gasteiger partial charge in [-0.3, -0.25) is 5.41 Å². The van der Waals surface area contributed by atoms with Gasteiger partial charge < -0.3 is 13.6 Å². The van der Waals surface area contributed by atoms with Crippen LogP contribution in [-0.2, 0) is 0 Å². The minimum Gasteiger partial charge on any atom is -0.466 e. The molecule has 6 nitrogen and oxygen atoms in total. The maximum absolute atomic E-state index is 12.6. The number of hydrogen-bond acceptors (Lipinski definition) is 6. The summed E-state index contributed by atoms with van der Waals surface area (Å²) in [5.74, 6) is -0.535. The summed E-state index contributed by atoms with van der Waals surface area (Å²) in [7, 11) is 0. The highest BCUT2D eigenvalue weighted by Crippen LogP contribution is 2.43. The van der Waals surface area contributed by atoms with Gasteiger partial charge in [-0.15, -0.1) is 0 Å². The number of fused-ring (bicyclic) bond motifs is 3. The Morgan fingerprint density at radius 3 is 2.67 bits per heavy atom. The van der Waals surface area contributed by atoms with Crippen molar-refractivity contribution in [2.24, 2.45) is 5.92 Å². The molecule has 1 aliphatic heterocycles. The van der Waals surface area contributed by atoms with Crippen LogP contribution in [0, 0.1) is 29.6 Å².